The highest BCUT2D eigenvalue weighted by atomic mass is 35.5. The van der Waals surface area contributed by atoms with Gasteiger partial charge >= 0.3 is 0 Å². The van der Waals surface area contributed by atoms with Gasteiger partial charge in [-0.15, -0.1) is 0 Å². The lowest BCUT2D eigenvalue weighted by atomic mass is 10.2. The summed E-state index contributed by atoms with van der Waals surface area (Å²) in [5, 5.41) is 3.30. The lowest BCUT2D eigenvalue weighted by Gasteiger charge is -2.03. The smallest absolute Gasteiger partial charge is 0.277 e. The predicted molar refractivity (Wildman–Crippen MR) is 73.1 cm³/mol. The van der Waals surface area contributed by atoms with Gasteiger partial charge in [0.1, 0.15) is 6.26 Å². The zero-order chi connectivity index (χ0) is 13.8. The normalized spacial score (nSPS) is 12.2. The van der Waals surface area contributed by atoms with Gasteiger partial charge in [0, 0.05) is 10.7 Å². The number of nitrogens with two attached hydrogens (primary N) is 1. The molecule has 0 bridgehead atoms. The largest absolute Gasteiger partial charge is 0.446 e. The second kappa shape index (κ2) is 5.86. The van der Waals surface area contributed by atoms with Gasteiger partial charge in [0.2, 0.25) is 5.89 Å². The Bertz CT molecular complexity index is 566. The molecule has 0 aliphatic carbocycles. The Labute approximate surface area is 115 Å². The first-order valence-electron chi connectivity index (χ1n) is 5.88. The summed E-state index contributed by atoms with van der Waals surface area (Å²) in [6.45, 7) is 1.92. The molecule has 0 saturated heterocycles. The minimum Gasteiger partial charge on any atom is -0.446 e. The highest BCUT2D eigenvalue weighted by Gasteiger charge is 2.15. The minimum atomic E-state index is -0.347. The number of oxazole rings is 1. The third-order valence-corrected chi connectivity index (χ3v) is 2.87. The van der Waals surface area contributed by atoms with Crippen LogP contribution in [0.5, 0.6) is 0 Å². The van der Waals surface area contributed by atoms with Crippen LogP contribution in [0.25, 0.3) is 0 Å². The predicted octanol–water partition coefficient (Wildman–Crippen LogP) is 2.99. The maximum Gasteiger partial charge on any atom is 0.277 e. The summed E-state index contributed by atoms with van der Waals surface area (Å²) in [7, 11) is 0. The van der Waals surface area contributed by atoms with Crippen LogP contribution in [-0.4, -0.2) is 10.9 Å². The number of anilines is 1. The van der Waals surface area contributed by atoms with Gasteiger partial charge in [-0.1, -0.05) is 18.5 Å². The van der Waals surface area contributed by atoms with Crippen molar-refractivity contribution in [3.63, 3.8) is 0 Å². The number of halogens is 1. The van der Waals surface area contributed by atoms with E-state index in [-0.39, 0.29) is 17.6 Å². The van der Waals surface area contributed by atoms with E-state index in [9.17, 15) is 4.79 Å². The van der Waals surface area contributed by atoms with Gasteiger partial charge in [0.05, 0.1) is 6.04 Å². The van der Waals surface area contributed by atoms with Gasteiger partial charge in [-0.2, -0.15) is 0 Å². The van der Waals surface area contributed by atoms with Crippen LogP contribution in [0, 0.1) is 0 Å². The van der Waals surface area contributed by atoms with Crippen LogP contribution in [0.3, 0.4) is 0 Å². The van der Waals surface area contributed by atoms with Crippen molar-refractivity contribution in [2.24, 2.45) is 5.73 Å². The van der Waals surface area contributed by atoms with Crippen LogP contribution in [0.4, 0.5) is 5.69 Å². The van der Waals surface area contributed by atoms with Crippen LogP contribution < -0.4 is 11.1 Å². The van der Waals surface area contributed by atoms with Gasteiger partial charge < -0.3 is 15.5 Å². The summed E-state index contributed by atoms with van der Waals surface area (Å²) in [5.74, 6) is 0.0179. The summed E-state index contributed by atoms with van der Waals surface area (Å²) < 4.78 is 5.18. The highest BCUT2D eigenvalue weighted by molar-refractivity contribution is 6.30. The van der Waals surface area contributed by atoms with E-state index in [0.717, 1.165) is 0 Å². The van der Waals surface area contributed by atoms with Crippen molar-refractivity contribution in [3.8, 4) is 0 Å². The lowest BCUT2D eigenvalue weighted by Crippen LogP contribution is -2.14. The molecule has 6 heteroatoms. The van der Waals surface area contributed by atoms with E-state index in [0.29, 0.717) is 23.0 Å². The summed E-state index contributed by atoms with van der Waals surface area (Å²) in [5.41, 5.74) is 6.61. The number of carbonyl (C=O) groups is 1. The fourth-order valence-electron chi connectivity index (χ4n) is 1.47. The molecule has 0 saturated carbocycles. The molecule has 1 heterocycles. The molecule has 0 aliphatic rings. The molecule has 100 valence electrons. The number of benzene rings is 1. The van der Waals surface area contributed by atoms with E-state index in [1.54, 1.807) is 24.3 Å². The Balaban J connectivity index is 2.07. The summed E-state index contributed by atoms with van der Waals surface area (Å²) >= 11 is 5.77. The second-order valence-corrected chi connectivity index (χ2v) is 4.48. The van der Waals surface area contributed by atoms with Crippen LogP contribution >= 0.6 is 11.6 Å². The van der Waals surface area contributed by atoms with Gasteiger partial charge in [0.15, 0.2) is 5.69 Å². The van der Waals surface area contributed by atoms with Crippen molar-refractivity contribution in [3.05, 3.63) is 47.1 Å². The fourth-order valence-corrected chi connectivity index (χ4v) is 1.59. The topological polar surface area (TPSA) is 81.1 Å². The number of amides is 1. The van der Waals surface area contributed by atoms with Crippen molar-refractivity contribution < 1.29 is 9.21 Å². The Morgan fingerprint density at radius 3 is 2.79 bits per heavy atom. The maximum atomic E-state index is 11.9. The molecule has 0 aliphatic heterocycles. The molecular weight excluding hydrogens is 266 g/mol. The first-order chi connectivity index (χ1) is 9.10. The zero-order valence-electron chi connectivity index (χ0n) is 10.4. The standard InChI is InChI=1S/C13H14ClN3O2/c1-2-10(15)13-17-11(7-19-13)12(18)16-9-5-3-8(14)4-6-9/h3-7,10H,2,15H2,1H3,(H,16,18). The molecule has 1 aromatic carbocycles. The van der Waals surface area contributed by atoms with Crippen molar-refractivity contribution in [2.45, 2.75) is 19.4 Å². The highest BCUT2D eigenvalue weighted by Crippen LogP contribution is 2.16. The molecule has 3 N–H and O–H groups in total. The fraction of sp³-hybridized carbons (Fsp3) is 0.231. The van der Waals surface area contributed by atoms with Crippen LogP contribution in [0.15, 0.2) is 34.9 Å². The molecular formula is C13H14ClN3O2. The molecule has 0 spiro atoms. The van der Waals surface area contributed by atoms with Crippen molar-refractivity contribution in [1.29, 1.82) is 0 Å². The summed E-state index contributed by atoms with van der Waals surface area (Å²) in [4.78, 5) is 16.0. The molecule has 19 heavy (non-hydrogen) atoms. The molecule has 1 amide bonds. The van der Waals surface area contributed by atoms with Crippen molar-refractivity contribution in [2.75, 3.05) is 5.32 Å². The van der Waals surface area contributed by atoms with Gasteiger partial charge in [-0.3, -0.25) is 4.79 Å². The van der Waals surface area contributed by atoms with Crippen molar-refractivity contribution in [1.82, 2.24) is 4.98 Å². The van der Waals surface area contributed by atoms with Crippen molar-refractivity contribution >= 4 is 23.2 Å². The number of rotatable bonds is 4. The monoisotopic (exact) mass is 279 g/mol. The quantitative estimate of drug-likeness (QED) is 0.901. The first kappa shape index (κ1) is 13.6. The number of aromatic nitrogens is 1. The minimum absolute atomic E-state index is 0.203. The summed E-state index contributed by atoms with van der Waals surface area (Å²) in [6, 6.07) is 6.51. The maximum absolute atomic E-state index is 11.9. The number of carbonyl (C=O) groups excluding carboxylic acids is 1. The Morgan fingerprint density at radius 2 is 2.16 bits per heavy atom. The SMILES string of the molecule is CCC(N)c1nc(C(=O)Nc2ccc(Cl)cc2)co1. The molecule has 1 aromatic heterocycles. The van der Waals surface area contributed by atoms with Gasteiger partial charge in [0.25, 0.3) is 5.91 Å². The molecule has 2 aromatic rings. The third kappa shape index (κ3) is 3.33. The molecule has 1 atom stereocenters. The first-order valence-corrected chi connectivity index (χ1v) is 6.26. The van der Waals surface area contributed by atoms with E-state index in [1.807, 2.05) is 6.92 Å². The number of hydrogen-bond donors (Lipinski definition) is 2. The van der Waals surface area contributed by atoms with E-state index in [2.05, 4.69) is 10.3 Å². The van der Waals surface area contributed by atoms with Crippen LogP contribution in [0.1, 0.15) is 35.8 Å². The number of nitrogens with zero attached hydrogens (tertiary/aromatic N) is 1. The number of hydrogen-bond acceptors (Lipinski definition) is 4. The molecule has 0 radical (unpaired) electrons. The van der Waals surface area contributed by atoms with E-state index in [4.69, 9.17) is 21.8 Å². The van der Waals surface area contributed by atoms with Crippen LogP contribution in [-0.2, 0) is 0 Å². The average Bonchev–Trinajstić information content (AvgIpc) is 2.90. The average molecular weight is 280 g/mol. The third-order valence-electron chi connectivity index (χ3n) is 2.61. The summed E-state index contributed by atoms with van der Waals surface area (Å²) in [6.07, 6.45) is 1.99. The molecule has 5 nitrogen and oxygen atoms in total. The second-order valence-electron chi connectivity index (χ2n) is 4.05. The van der Waals surface area contributed by atoms with E-state index < -0.39 is 0 Å². The molecule has 2 rings (SSSR count). The van der Waals surface area contributed by atoms with E-state index in [1.165, 1.54) is 6.26 Å². The number of nitrogens with one attached hydrogen (secondary N) is 1. The van der Waals surface area contributed by atoms with Gasteiger partial charge in [-0.25, -0.2) is 4.98 Å². The Morgan fingerprint density at radius 1 is 1.47 bits per heavy atom. The molecule has 0 fully saturated rings. The Kier molecular flexibility index (Phi) is 4.19. The zero-order valence-corrected chi connectivity index (χ0v) is 11.1. The Hall–Kier alpha value is -1.85. The van der Waals surface area contributed by atoms with Crippen LogP contribution in [0.2, 0.25) is 5.02 Å². The van der Waals surface area contributed by atoms with Gasteiger partial charge in [-0.05, 0) is 30.7 Å². The lowest BCUT2D eigenvalue weighted by molar-refractivity contribution is 0.102. The van der Waals surface area contributed by atoms with E-state index >= 15 is 0 Å². The molecule has 1 unspecified atom stereocenters.